The van der Waals surface area contributed by atoms with Gasteiger partial charge in [-0.05, 0) is 23.9 Å². The number of amides is 1. The van der Waals surface area contributed by atoms with E-state index in [2.05, 4.69) is 10.9 Å². The lowest BCUT2D eigenvalue weighted by atomic mass is 10.1. The normalized spacial score (nSPS) is 18.6. The van der Waals surface area contributed by atoms with Crippen LogP contribution in [0, 0.1) is 12.3 Å². The number of carbonyl (C=O) groups excluding carboxylic acids is 1. The van der Waals surface area contributed by atoms with Crippen LogP contribution in [0.15, 0.2) is 40.4 Å². The van der Waals surface area contributed by atoms with Crippen molar-refractivity contribution in [2.75, 3.05) is 14.1 Å². The summed E-state index contributed by atoms with van der Waals surface area (Å²) in [5.74, 6) is 2.63. The Labute approximate surface area is 133 Å². The first-order valence-corrected chi connectivity index (χ1v) is 7.63. The van der Waals surface area contributed by atoms with Crippen molar-refractivity contribution in [3.05, 3.63) is 40.9 Å². The second-order valence-corrected chi connectivity index (χ2v) is 5.92. The highest BCUT2D eigenvalue weighted by Crippen LogP contribution is 2.33. The number of fused-ring (bicyclic) bond motifs is 1. The van der Waals surface area contributed by atoms with E-state index in [0.717, 1.165) is 16.5 Å². The molecule has 4 nitrogen and oxygen atoms in total. The van der Waals surface area contributed by atoms with Crippen molar-refractivity contribution >= 4 is 39.8 Å². The van der Waals surface area contributed by atoms with Crippen LogP contribution in [0.3, 0.4) is 0 Å². The van der Waals surface area contributed by atoms with E-state index in [4.69, 9.17) is 6.42 Å². The largest absolute Gasteiger partial charge is 0.335 e. The van der Waals surface area contributed by atoms with Crippen LogP contribution < -0.4 is 0 Å². The van der Waals surface area contributed by atoms with Crippen molar-refractivity contribution in [3.63, 3.8) is 0 Å². The van der Waals surface area contributed by atoms with E-state index in [1.165, 1.54) is 11.8 Å². The SMILES string of the molecule is C#CCn1cc(/C=C2/SC(=NC)N(C)C2=O)c2ccccc21. The average molecular weight is 309 g/mol. The number of hydrogen-bond acceptors (Lipinski definition) is 3. The monoisotopic (exact) mass is 309 g/mol. The molecule has 1 amide bonds. The molecule has 110 valence electrons. The topological polar surface area (TPSA) is 37.6 Å². The summed E-state index contributed by atoms with van der Waals surface area (Å²) >= 11 is 1.39. The van der Waals surface area contributed by atoms with Crippen molar-refractivity contribution in [3.8, 4) is 12.3 Å². The molecule has 1 aliphatic rings. The summed E-state index contributed by atoms with van der Waals surface area (Å²) in [6, 6.07) is 8.04. The molecule has 1 aromatic heterocycles. The van der Waals surface area contributed by atoms with Gasteiger partial charge in [0.2, 0.25) is 0 Å². The lowest BCUT2D eigenvalue weighted by Crippen LogP contribution is -2.23. The summed E-state index contributed by atoms with van der Waals surface area (Å²) in [6.07, 6.45) is 9.34. The highest BCUT2D eigenvalue weighted by Gasteiger charge is 2.29. The van der Waals surface area contributed by atoms with Crippen molar-refractivity contribution in [1.29, 1.82) is 0 Å². The van der Waals surface area contributed by atoms with Gasteiger partial charge in [0.1, 0.15) is 0 Å². The number of para-hydroxylation sites is 1. The quantitative estimate of drug-likeness (QED) is 0.632. The van der Waals surface area contributed by atoms with Crippen LogP contribution in [-0.4, -0.2) is 34.6 Å². The van der Waals surface area contributed by atoms with Gasteiger partial charge in [-0.2, -0.15) is 0 Å². The lowest BCUT2D eigenvalue weighted by Gasteiger charge is -2.04. The maximum Gasteiger partial charge on any atom is 0.266 e. The maximum atomic E-state index is 12.3. The van der Waals surface area contributed by atoms with Gasteiger partial charge in [0.25, 0.3) is 5.91 Å². The number of likely N-dealkylation sites (N-methyl/N-ethyl adjacent to an activating group) is 1. The second-order valence-electron chi connectivity index (χ2n) is 4.91. The second kappa shape index (κ2) is 5.74. The van der Waals surface area contributed by atoms with Gasteiger partial charge in [0.15, 0.2) is 5.17 Å². The van der Waals surface area contributed by atoms with Crippen LogP contribution in [-0.2, 0) is 11.3 Å². The number of rotatable bonds is 2. The number of aromatic nitrogens is 1. The molecule has 0 spiro atoms. The number of nitrogens with zero attached hydrogens (tertiary/aromatic N) is 3. The zero-order valence-corrected chi connectivity index (χ0v) is 13.2. The van der Waals surface area contributed by atoms with Gasteiger partial charge in [0, 0.05) is 36.8 Å². The van der Waals surface area contributed by atoms with Crippen molar-refractivity contribution < 1.29 is 4.79 Å². The number of hydrogen-bond donors (Lipinski definition) is 0. The maximum absolute atomic E-state index is 12.3. The summed E-state index contributed by atoms with van der Waals surface area (Å²) in [5.41, 5.74) is 2.06. The Morgan fingerprint density at radius 1 is 1.41 bits per heavy atom. The highest BCUT2D eigenvalue weighted by atomic mass is 32.2. The molecule has 0 unspecified atom stereocenters. The number of thioether (sulfide) groups is 1. The molecule has 5 heteroatoms. The zero-order chi connectivity index (χ0) is 15.7. The van der Waals surface area contributed by atoms with E-state index in [0.29, 0.717) is 16.6 Å². The molecule has 0 saturated carbocycles. The van der Waals surface area contributed by atoms with E-state index >= 15 is 0 Å². The highest BCUT2D eigenvalue weighted by molar-refractivity contribution is 8.18. The van der Waals surface area contributed by atoms with E-state index in [1.54, 1.807) is 19.0 Å². The van der Waals surface area contributed by atoms with Gasteiger partial charge >= 0.3 is 0 Å². The molecular formula is C17H15N3OS. The van der Waals surface area contributed by atoms with Crippen molar-refractivity contribution in [2.45, 2.75) is 6.54 Å². The molecule has 2 heterocycles. The molecule has 2 aromatic rings. The van der Waals surface area contributed by atoms with Crippen LogP contribution >= 0.6 is 11.8 Å². The molecule has 0 N–H and O–H groups in total. The summed E-state index contributed by atoms with van der Waals surface area (Å²) in [5, 5.41) is 1.80. The fourth-order valence-corrected chi connectivity index (χ4v) is 3.43. The van der Waals surface area contributed by atoms with Crippen LogP contribution in [0.1, 0.15) is 5.56 Å². The molecule has 0 aliphatic carbocycles. The number of amidine groups is 1. The van der Waals surface area contributed by atoms with Crippen LogP contribution in [0.25, 0.3) is 17.0 Å². The summed E-state index contributed by atoms with van der Waals surface area (Å²) in [4.78, 5) is 18.6. The third-order valence-corrected chi connectivity index (χ3v) is 4.71. The van der Waals surface area contributed by atoms with Crippen LogP contribution in [0.2, 0.25) is 0 Å². The molecule has 0 bridgehead atoms. The van der Waals surface area contributed by atoms with Gasteiger partial charge in [-0.1, -0.05) is 24.1 Å². The van der Waals surface area contributed by atoms with Crippen LogP contribution in [0.4, 0.5) is 0 Å². The number of benzene rings is 1. The minimum absolute atomic E-state index is 0.0284. The van der Waals surface area contributed by atoms with Crippen LogP contribution in [0.5, 0.6) is 0 Å². The van der Waals surface area contributed by atoms with Crippen molar-refractivity contribution in [1.82, 2.24) is 9.47 Å². The molecule has 22 heavy (non-hydrogen) atoms. The third kappa shape index (κ3) is 2.32. The Morgan fingerprint density at radius 3 is 2.86 bits per heavy atom. The molecule has 1 saturated heterocycles. The Balaban J connectivity index is 2.10. The molecule has 1 aliphatic heterocycles. The summed E-state index contributed by atoms with van der Waals surface area (Å²) < 4.78 is 2.02. The first-order valence-electron chi connectivity index (χ1n) is 6.81. The summed E-state index contributed by atoms with van der Waals surface area (Å²) in [7, 11) is 3.42. The first-order chi connectivity index (χ1) is 10.7. The average Bonchev–Trinajstić information content (AvgIpc) is 3.01. The van der Waals surface area contributed by atoms with Crippen molar-refractivity contribution in [2.24, 2.45) is 4.99 Å². The Hall–Kier alpha value is -2.45. The van der Waals surface area contributed by atoms with E-state index < -0.39 is 0 Å². The van der Waals surface area contributed by atoms with Gasteiger partial charge in [-0.15, -0.1) is 6.42 Å². The minimum atomic E-state index is -0.0284. The fraction of sp³-hybridized carbons (Fsp3) is 0.176. The standard InChI is InChI=1S/C17H15N3OS/c1-4-9-20-11-12(13-7-5-6-8-14(13)20)10-15-16(21)19(3)17(18-2)22-15/h1,5-8,10-11H,9H2,2-3H3/b15-10+,18-17?. The third-order valence-electron chi connectivity index (χ3n) is 3.56. The predicted octanol–water partition coefficient (Wildman–Crippen LogP) is 2.81. The molecule has 0 atom stereocenters. The Bertz CT molecular complexity index is 854. The Kier molecular flexibility index (Phi) is 3.78. The minimum Gasteiger partial charge on any atom is -0.335 e. The molecule has 1 fully saturated rings. The smallest absolute Gasteiger partial charge is 0.266 e. The first kappa shape index (κ1) is 14.5. The van der Waals surface area contributed by atoms with Gasteiger partial charge in [0.05, 0.1) is 11.4 Å². The van der Waals surface area contributed by atoms with Gasteiger partial charge in [-0.3, -0.25) is 14.7 Å². The zero-order valence-electron chi connectivity index (χ0n) is 12.4. The van der Waals surface area contributed by atoms with E-state index in [-0.39, 0.29) is 5.91 Å². The molecule has 1 aromatic carbocycles. The van der Waals surface area contributed by atoms with Gasteiger partial charge < -0.3 is 4.57 Å². The number of aliphatic imine (C=N–C) groups is 1. The fourth-order valence-electron chi connectivity index (χ4n) is 2.51. The molecule has 0 radical (unpaired) electrons. The lowest BCUT2D eigenvalue weighted by molar-refractivity contribution is -0.121. The van der Waals surface area contributed by atoms with E-state index in [1.807, 2.05) is 41.1 Å². The predicted molar refractivity (Wildman–Crippen MR) is 92.5 cm³/mol. The number of terminal acetylenes is 1. The van der Waals surface area contributed by atoms with E-state index in [9.17, 15) is 4.79 Å². The molecule has 3 rings (SSSR count). The Morgan fingerprint density at radius 2 is 2.18 bits per heavy atom. The summed E-state index contributed by atoms with van der Waals surface area (Å²) in [6.45, 7) is 0.506. The number of carbonyl (C=O) groups is 1. The van der Waals surface area contributed by atoms with Gasteiger partial charge in [-0.25, -0.2) is 0 Å². The molecular weight excluding hydrogens is 294 g/mol.